The minimum atomic E-state index is -0.963. The predicted molar refractivity (Wildman–Crippen MR) is 57.5 cm³/mol. The van der Waals surface area contributed by atoms with Crippen LogP contribution in [0.25, 0.3) is 0 Å². The molecule has 6 heteroatoms. The topological polar surface area (TPSA) is 71.1 Å². The second kappa shape index (κ2) is 7.11. The number of hydrogen-bond acceptors (Lipinski definition) is 6. The lowest BCUT2D eigenvalue weighted by Gasteiger charge is -2.14. The molecular formula is C11H18O6. The van der Waals surface area contributed by atoms with Gasteiger partial charge in [0.15, 0.2) is 6.10 Å². The van der Waals surface area contributed by atoms with Crippen LogP contribution in [0, 0.1) is 0 Å². The highest BCUT2D eigenvalue weighted by atomic mass is 16.7. The van der Waals surface area contributed by atoms with E-state index in [4.69, 9.17) is 14.2 Å². The van der Waals surface area contributed by atoms with E-state index in [9.17, 15) is 9.59 Å². The Balaban J connectivity index is 2.19. The van der Waals surface area contributed by atoms with E-state index in [1.807, 2.05) is 0 Å². The summed E-state index contributed by atoms with van der Waals surface area (Å²) in [6, 6.07) is 0. The van der Waals surface area contributed by atoms with Gasteiger partial charge in [-0.2, -0.15) is 0 Å². The first kappa shape index (κ1) is 13.8. The van der Waals surface area contributed by atoms with Crippen molar-refractivity contribution >= 4 is 12.1 Å². The molecule has 0 aromatic rings. The molecule has 98 valence electrons. The Morgan fingerprint density at radius 2 is 2.18 bits per heavy atom. The van der Waals surface area contributed by atoms with Gasteiger partial charge in [-0.15, -0.1) is 0 Å². The van der Waals surface area contributed by atoms with Gasteiger partial charge in [0.05, 0.1) is 12.7 Å². The second-order valence-corrected chi connectivity index (χ2v) is 3.71. The van der Waals surface area contributed by atoms with Gasteiger partial charge < -0.3 is 18.9 Å². The minimum absolute atomic E-state index is 0.0336. The van der Waals surface area contributed by atoms with Gasteiger partial charge in [-0.05, 0) is 26.7 Å². The van der Waals surface area contributed by atoms with Gasteiger partial charge in [0, 0.05) is 6.61 Å². The largest absolute Gasteiger partial charge is 0.509 e. The molecule has 2 unspecified atom stereocenters. The van der Waals surface area contributed by atoms with E-state index < -0.39 is 18.2 Å². The van der Waals surface area contributed by atoms with Crippen molar-refractivity contribution in [1.82, 2.24) is 0 Å². The highest BCUT2D eigenvalue weighted by Crippen LogP contribution is 2.12. The molecule has 0 saturated carbocycles. The molecule has 0 radical (unpaired) electrons. The van der Waals surface area contributed by atoms with E-state index in [2.05, 4.69) is 4.74 Å². The van der Waals surface area contributed by atoms with E-state index in [-0.39, 0.29) is 19.3 Å². The molecule has 17 heavy (non-hydrogen) atoms. The van der Waals surface area contributed by atoms with Crippen molar-refractivity contribution in [2.24, 2.45) is 0 Å². The number of hydrogen-bond donors (Lipinski definition) is 0. The monoisotopic (exact) mass is 246 g/mol. The first-order valence-electron chi connectivity index (χ1n) is 5.75. The summed E-state index contributed by atoms with van der Waals surface area (Å²) in [5.41, 5.74) is 0. The molecule has 2 atom stereocenters. The smallest absolute Gasteiger partial charge is 0.460 e. The van der Waals surface area contributed by atoms with Crippen LogP contribution >= 0.6 is 0 Å². The van der Waals surface area contributed by atoms with Gasteiger partial charge in [0.2, 0.25) is 0 Å². The van der Waals surface area contributed by atoms with Crippen molar-refractivity contribution < 1.29 is 28.5 Å². The maximum atomic E-state index is 11.4. The van der Waals surface area contributed by atoms with Crippen LogP contribution in [-0.4, -0.2) is 44.2 Å². The lowest BCUT2D eigenvalue weighted by atomic mass is 10.2. The molecule has 1 fully saturated rings. The highest BCUT2D eigenvalue weighted by molar-refractivity contribution is 5.77. The second-order valence-electron chi connectivity index (χ2n) is 3.71. The molecule has 0 N–H and O–H groups in total. The van der Waals surface area contributed by atoms with Crippen LogP contribution < -0.4 is 0 Å². The Hall–Kier alpha value is -1.30. The molecule has 1 rings (SSSR count). The molecular weight excluding hydrogens is 228 g/mol. The molecule has 0 aliphatic carbocycles. The van der Waals surface area contributed by atoms with E-state index >= 15 is 0 Å². The Bertz CT molecular complexity index is 259. The Kier molecular flexibility index (Phi) is 5.76. The number of ether oxygens (including phenoxy) is 4. The zero-order valence-corrected chi connectivity index (χ0v) is 10.1. The van der Waals surface area contributed by atoms with Crippen molar-refractivity contribution in [3.05, 3.63) is 0 Å². The Morgan fingerprint density at radius 1 is 1.41 bits per heavy atom. The average Bonchev–Trinajstić information content (AvgIpc) is 2.78. The van der Waals surface area contributed by atoms with Crippen LogP contribution in [0.3, 0.4) is 0 Å². The Labute approximate surface area is 100 Å². The summed E-state index contributed by atoms with van der Waals surface area (Å²) in [6.07, 6.45) is 0.00979. The molecule has 1 saturated heterocycles. The van der Waals surface area contributed by atoms with E-state index in [0.29, 0.717) is 6.61 Å². The molecule has 0 spiro atoms. The van der Waals surface area contributed by atoms with Gasteiger partial charge in [-0.3, -0.25) is 0 Å². The number of carbonyl (C=O) groups is 2. The number of esters is 1. The van der Waals surface area contributed by atoms with Gasteiger partial charge in [0.25, 0.3) is 0 Å². The van der Waals surface area contributed by atoms with Crippen LogP contribution in [0.15, 0.2) is 0 Å². The summed E-state index contributed by atoms with van der Waals surface area (Å²) in [6.45, 7) is 4.21. The normalized spacial score (nSPS) is 20.7. The third-order valence-corrected chi connectivity index (χ3v) is 2.30. The van der Waals surface area contributed by atoms with E-state index in [1.165, 1.54) is 6.92 Å². The molecule has 1 aliphatic heterocycles. The van der Waals surface area contributed by atoms with E-state index in [0.717, 1.165) is 12.8 Å². The molecule has 1 aliphatic rings. The minimum Gasteiger partial charge on any atom is -0.460 e. The van der Waals surface area contributed by atoms with Crippen molar-refractivity contribution in [1.29, 1.82) is 0 Å². The van der Waals surface area contributed by atoms with Crippen LogP contribution in [0.1, 0.15) is 26.7 Å². The molecule has 1 heterocycles. The summed E-state index contributed by atoms with van der Waals surface area (Å²) >= 11 is 0. The fourth-order valence-corrected chi connectivity index (χ4v) is 1.41. The maximum Gasteiger partial charge on any atom is 0.509 e. The fourth-order valence-electron chi connectivity index (χ4n) is 1.41. The third-order valence-electron chi connectivity index (χ3n) is 2.30. The predicted octanol–water partition coefficient (Wildman–Crippen LogP) is 1.27. The quantitative estimate of drug-likeness (QED) is 0.680. The molecule has 0 aromatic heterocycles. The van der Waals surface area contributed by atoms with Gasteiger partial charge >= 0.3 is 12.1 Å². The van der Waals surface area contributed by atoms with Crippen molar-refractivity contribution in [3.8, 4) is 0 Å². The summed E-state index contributed by atoms with van der Waals surface area (Å²) in [7, 11) is 0. The number of rotatable bonds is 5. The molecule has 0 bridgehead atoms. The van der Waals surface area contributed by atoms with Crippen molar-refractivity contribution in [2.75, 3.05) is 19.8 Å². The summed E-state index contributed by atoms with van der Waals surface area (Å²) in [4.78, 5) is 22.4. The zero-order chi connectivity index (χ0) is 12.7. The lowest BCUT2D eigenvalue weighted by Crippen LogP contribution is -2.29. The third kappa shape index (κ3) is 5.04. The first-order chi connectivity index (χ1) is 8.13. The van der Waals surface area contributed by atoms with Gasteiger partial charge in [-0.25, -0.2) is 9.59 Å². The van der Waals surface area contributed by atoms with Crippen LogP contribution in [-0.2, 0) is 23.7 Å². The molecule has 0 aromatic carbocycles. The van der Waals surface area contributed by atoms with E-state index in [1.54, 1.807) is 6.92 Å². The van der Waals surface area contributed by atoms with Crippen LogP contribution in [0.4, 0.5) is 4.79 Å². The fraction of sp³-hybridized carbons (Fsp3) is 0.818. The highest BCUT2D eigenvalue weighted by Gasteiger charge is 2.23. The van der Waals surface area contributed by atoms with Crippen molar-refractivity contribution in [2.45, 2.75) is 38.9 Å². The van der Waals surface area contributed by atoms with Gasteiger partial charge in [0.1, 0.15) is 6.61 Å². The number of carbonyl (C=O) groups excluding carboxylic acids is 2. The molecule has 0 amide bonds. The average molecular weight is 246 g/mol. The van der Waals surface area contributed by atoms with Crippen LogP contribution in [0.2, 0.25) is 0 Å². The maximum absolute atomic E-state index is 11.4. The summed E-state index contributed by atoms with van der Waals surface area (Å²) < 4.78 is 19.5. The Morgan fingerprint density at radius 3 is 2.76 bits per heavy atom. The summed E-state index contributed by atoms with van der Waals surface area (Å²) in [5.74, 6) is -0.589. The van der Waals surface area contributed by atoms with Crippen molar-refractivity contribution in [3.63, 3.8) is 0 Å². The summed E-state index contributed by atoms with van der Waals surface area (Å²) in [5, 5.41) is 0. The SMILES string of the molecule is CCOC(=O)OC(C)C(=O)OCC1CCCO1. The van der Waals surface area contributed by atoms with Crippen LogP contribution in [0.5, 0.6) is 0 Å². The standard InChI is InChI=1S/C11H18O6/c1-3-14-11(13)17-8(2)10(12)16-7-9-5-4-6-15-9/h8-9H,3-7H2,1-2H3. The molecule has 6 nitrogen and oxygen atoms in total. The van der Waals surface area contributed by atoms with Gasteiger partial charge in [-0.1, -0.05) is 0 Å². The zero-order valence-electron chi connectivity index (χ0n) is 10.1. The first-order valence-corrected chi connectivity index (χ1v) is 5.75. The lowest BCUT2D eigenvalue weighted by molar-refractivity contribution is -0.157.